The number of hydrogen-bond acceptors (Lipinski definition) is 3. The summed E-state index contributed by atoms with van der Waals surface area (Å²) in [5.41, 5.74) is 6.71. The lowest BCUT2D eigenvalue weighted by molar-refractivity contribution is -0.125. The van der Waals surface area contributed by atoms with Crippen molar-refractivity contribution >= 4 is 5.91 Å². The third kappa shape index (κ3) is 3.96. The highest BCUT2D eigenvalue weighted by Crippen LogP contribution is 2.23. The Bertz CT molecular complexity index is 437. The third-order valence-electron chi connectivity index (χ3n) is 3.07. The molecule has 0 aromatic heterocycles. The quantitative estimate of drug-likeness (QED) is 0.825. The maximum Gasteiger partial charge on any atom is 0.240 e. The molecule has 1 amide bonds. The van der Waals surface area contributed by atoms with Crippen LogP contribution in [0.25, 0.3) is 0 Å². The predicted octanol–water partition coefficient (Wildman–Crippen LogP) is 1.92. The second-order valence-electron chi connectivity index (χ2n) is 5.51. The molecule has 19 heavy (non-hydrogen) atoms. The number of rotatable bonds is 6. The van der Waals surface area contributed by atoms with E-state index < -0.39 is 11.4 Å². The Balaban J connectivity index is 2.85. The molecule has 1 rings (SSSR count). The minimum absolute atomic E-state index is 0.152. The largest absolute Gasteiger partial charge is 0.491 e. The SMILES string of the molecule is Cc1cccc(C)c1OCC(C)(NC(C)C)C(N)=O. The third-order valence-corrected chi connectivity index (χ3v) is 3.07. The van der Waals surface area contributed by atoms with E-state index in [2.05, 4.69) is 5.32 Å². The van der Waals surface area contributed by atoms with Crippen LogP contribution in [0.5, 0.6) is 5.75 Å². The average molecular weight is 264 g/mol. The van der Waals surface area contributed by atoms with Crippen molar-refractivity contribution in [2.45, 2.75) is 46.2 Å². The number of primary amides is 1. The Labute approximate surface area is 115 Å². The van der Waals surface area contributed by atoms with Crippen LogP contribution in [0.3, 0.4) is 0 Å². The first-order valence-electron chi connectivity index (χ1n) is 6.53. The first-order chi connectivity index (χ1) is 8.76. The Hall–Kier alpha value is -1.55. The lowest BCUT2D eigenvalue weighted by Gasteiger charge is -2.30. The molecule has 0 saturated carbocycles. The fraction of sp³-hybridized carbons (Fsp3) is 0.533. The molecule has 0 fully saturated rings. The molecule has 0 aliphatic heterocycles. The second kappa shape index (κ2) is 6.06. The van der Waals surface area contributed by atoms with Gasteiger partial charge in [-0.05, 0) is 45.7 Å². The summed E-state index contributed by atoms with van der Waals surface area (Å²) in [5.74, 6) is 0.410. The number of carbonyl (C=O) groups excluding carboxylic acids is 1. The van der Waals surface area contributed by atoms with Gasteiger partial charge < -0.3 is 10.5 Å². The standard InChI is InChI=1S/C15H24N2O2/c1-10(2)17-15(5,14(16)18)9-19-13-11(3)7-6-8-12(13)4/h6-8,10,17H,9H2,1-5H3,(H2,16,18). The zero-order valence-electron chi connectivity index (χ0n) is 12.4. The van der Waals surface area contributed by atoms with E-state index in [1.54, 1.807) is 6.92 Å². The van der Waals surface area contributed by atoms with Crippen LogP contribution in [0.2, 0.25) is 0 Å². The summed E-state index contributed by atoms with van der Waals surface area (Å²) in [6, 6.07) is 6.11. The van der Waals surface area contributed by atoms with Crippen LogP contribution < -0.4 is 15.8 Å². The fourth-order valence-electron chi connectivity index (χ4n) is 2.06. The monoisotopic (exact) mass is 264 g/mol. The van der Waals surface area contributed by atoms with Crippen molar-refractivity contribution in [1.82, 2.24) is 5.32 Å². The molecule has 1 aromatic carbocycles. The van der Waals surface area contributed by atoms with Gasteiger partial charge in [-0.15, -0.1) is 0 Å². The molecule has 1 atom stereocenters. The summed E-state index contributed by atoms with van der Waals surface area (Å²) in [7, 11) is 0. The van der Waals surface area contributed by atoms with Gasteiger partial charge in [0.2, 0.25) is 5.91 Å². The molecule has 4 heteroatoms. The van der Waals surface area contributed by atoms with E-state index in [1.807, 2.05) is 45.9 Å². The molecule has 0 aliphatic rings. The molecule has 3 N–H and O–H groups in total. The van der Waals surface area contributed by atoms with Crippen molar-refractivity contribution in [3.63, 3.8) is 0 Å². The van der Waals surface area contributed by atoms with E-state index in [4.69, 9.17) is 10.5 Å². The van der Waals surface area contributed by atoms with E-state index in [-0.39, 0.29) is 12.6 Å². The van der Waals surface area contributed by atoms with Gasteiger partial charge in [-0.2, -0.15) is 0 Å². The fourth-order valence-corrected chi connectivity index (χ4v) is 2.06. The summed E-state index contributed by atoms with van der Waals surface area (Å²) in [6.45, 7) is 9.90. The van der Waals surface area contributed by atoms with Gasteiger partial charge in [-0.25, -0.2) is 0 Å². The molecule has 106 valence electrons. The first kappa shape index (κ1) is 15.5. The van der Waals surface area contributed by atoms with Crippen LogP contribution in [-0.4, -0.2) is 24.1 Å². The highest BCUT2D eigenvalue weighted by atomic mass is 16.5. The van der Waals surface area contributed by atoms with E-state index in [1.165, 1.54) is 0 Å². The number of amides is 1. The predicted molar refractivity (Wildman–Crippen MR) is 77.3 cm³/mol. The van der Waals surface area contributed by atoms with E-state index in [0.717, 1.165) is 16.9 Å². The van der Waals surface area contributed by atoms with Gasteiger partial charge in [-0.3, -0.25) is 10.1 Å². The van der Waals surface area contributed by atoms with Crippen LogP contribution in [0.4, 0.5) is 0 Å². The average Bonchev–Trinajstić information content (AvgIpc) is 2.27. The van der Waals surface area contributed by atoms with Gasteiger partial charge in [0.15, 0.2) is 0 Å². The number of carbonyl (C=O) groups is 1. The van der Waals surface area contributed by atoms with Crippen LogP contribution in [-0.2, 0) is 4.79 Å². The minimum atomic E-state index is -0.872. The summed E-state index contributed by atoms with van der Waals surface area (Å²) in [4.78, 5) is 11.6. The van der Waals surface area contributed by atoms with Crippen molar-refractivity contribution < 1.29 is 9.53 Å². The number of nitrogens with one attached hydrogen (secondary N) is 1. The molecule has 0 bridgehead atoms. The summed E-state index contributed by atoms with van der Waals surface area (Å²) >= 11 is 0. The van der Waals surface area contributed by atoms with Crippen LogP contribution in [0.1, 0.15) is 31.9 Å². The molecule has 0 spiro atoms. The van der Waals surface area contributed by atoms with Crippen molar-refractivity contribution in [3.8, 4) is 5.75 Å². The number of nitrogens with two attached hydrogens (primary N) is 1. The number of para-hydroxylation sites is 1. The van der Waals surface area contributed by atoms with Crippen LogP contribution in [0.15, 0.2) is 18.2 Å². The molecule has 0 radical (unpaired) electrons. The second-order valence-corrected chi connectivity index (χ2v) is 5.51. The Morgan fingerprint density at radius 3 is 2.32 bits per heavy atom. The molecule has 1 aromatic rings. The number of hydrogen-bond donors (Lipinski definition) is 2. The van der Waals surface area contributed by atoms with E-state index in [9.17, 15) is 4.79 Å². The highest BCUT2D eigenvalue weighted by Gasteiger charge is 2.32. The molecule has 0 saturated heterocycles. The Morgan fingerprint density at radius 1 is 1.37 bits per heavy atom. The van der Waals surface area contributed by atoms with Crippen molar-refractivity contribution in [2.24, 2.45) is 5.73 Å². The normalized spacial score (nSPS) is 14.2. The molecule has 1 unspecified atom stereocenters. The molecular weight excluding hydrogens is 240 g/mol. The van der Waals surface area contributed by atoms with E-state index in [0.29, 0.717) is 0 Å². The van der Waals surface area contributed by atoms with Gasteiger partial charge in [-0.1, -0.05) is 18.2 Å². The zero-order chi connectivity index (χ0) is 14.6. The van der Waals surface area contributed by atoms with Crippen LogP contribution >= 0.6 is 0 Å². The summed E-state index contributed by atoms with van der Waals surface area (Å²) in [6.07, 6.45) is 0. The lowest BCUT2D eigenvalue weighted by atomic mass is 10.0. The summed E-state index contributed by atoms with van der Waals surface area (Å²) in [5, 5.41) is 3.17. The number of ether oxygens (including phenoxy) is 1. The van der Waals surface area contributed by atoms with Gasteiger partial charge in [0.1, 0.15) is 17.9 Å². The highest BCUT2D eigenvalue weighted by molar-refractivity contribution is 5.84. The Morgan fingerprint density at radius 2 is 1.89 bits per heavy atom. The van der Waals surface area contributed by atoms with E-state index >= 15 is 0 Å². The molecule has 0 aliphatic carbocycles. The Kier molecular flexibility index (Phi) is 4.95. The van der Waals surface area contributed by atoms with Crippen molar-refractivity contribution in [1.29, 1.82) is 0 Å². The van der Waals surface area contributed by atoms with Crippen LogP contribution in [0, 0.1) is 13.8 Å². The number of benzene rings is 1. The molecule has 0 heterocycles. The number of aryl methyl sites for hydroxylation is 2. The summed E-state index contributed by atoms with van der Waals surface area (Å²) < 4.78 is 5.83. The lowest BCUT2D eigenvalue weighted by Crippen LogP contribution is -2.59. The smallest absolute Gasteiger partial charge is 0.240 e. The first-order valence-corrected chi connectivity index (χ1v) is 6.53. The van der Waals surface area contributed by atoms with Gasteiger partial charge >= 0.3 is 0 Å². The zero-order valence-corrected chi connectivity index (χ0v) is 12.4. The van der Waals surface area contributed by atoms with Crippen molar-refractivity contribution in [2.75, 3.05) is 6.61 Å². The van der Waals surface area contributed by atoms with Crippen molar-refractivity contribution in [3.05, 3.63) is 29.3 Å². The van der Waals surface area contributed by atoms with Gasteiger partial charge in [0.25, 0.3) is 0 Å². The minimum Gasteiger partial charge on any atom is -0.491 e. The van der Waals surface area contributed by atoms with Gasteiger partial charge in [0.05, 0.1) is 0 Å². The maximum atomic E-state index is 11.6. The molecule has 4 nitrogen and oxygen atoms in total. The van der Waals surface area contributed by atoms with Gasteiger partial charge in [0, 0.05) is 6.04 Å². The molecular formula is C15H24N2O2. The topological polar surface area (TPSA) is 64.3 Å². The maximum absolute atomic E-state index is 11.6.